The average Bonchev–Trinajstić information content (AvgIpc) is 3.40. The summed E-state index contributed by atoms with van der Waals surface area (Å²) < 4.78 is 17.5. The van der Waals surface area contributed by atoms with Crippen molar-refractivity contribution < 1.29 is 38.7 Å². The van der Waals surface area contributed by atoms with Crippen LogP contribution < -0.4 is 31.2 Å². The van der Waals surface area contributed by atoms with Gasteiger partial charge in [-0.25, -0.2) is 20.4 Å². The molecule has 1 aliphatic heterocycles. The fourth-order valence-corrected chi connectivity index (χ4v) is 9.37. The number of nitrogens with zero attached hydrogens (tertiary/aromatic N) is 6. The lowest BCUT2D eigenvalue weighted by molar-refractivity contribution is -0.128. The number of nitrogens with one attached hydrogen (secondary N) is 1. The molecule has 23 heteroatoms. The topological polar surface area (TPSA) is 240 Å². The Morgan fingerprint density at radius 3 is 1.63 bits per heavy atom. The minimum absolute atomic E-state index is 0. The highest BCUT2D eigenvalue weighted by Gasteiger charge is 2.28. The molecule has 3 aromatic rings. The van der Waals surface area contributed by atoms with E-state index in [4.69, 9.17) is 45.6 Å². The van der Waals surface area contributed by atoms with Crippen LogP contribution in [0.1, 0.15) is 128 Å². The minimum atomic E-state index is -0.0502. The molecule has 0 amide bonds. The van der Waals surface area contributed by atoms with Crippen molar-refractivity contribution in [2.45, 2.75) is 117 Å². The molecular formula is C48H72Br4N9O8PS. The number of aliphatic imine (C=N–C) groups is 1. The second-order valence-corrected chi connectivity index (χ2v) is 20.7. The number of hydroxylamine groups is 1. The van der Waals surface area contributed by atoms with Crippen LogP contribution in [0.2, 0.25) is 0 Å². The van der Waals surface area contributed by atoms with Crippen LogP contribution in [0.5, 0.6) is 17.6 Å². The summed E-state index contributed by atoms with van der Waals surface area (Å²) in [5.41, 5.74) is 15.6. The SMILES string of the molecule is C.C.COc1nc(/C(N)=N/O)ccc1Br.COc1nc(/C(N)=N/OCC(=O)C2CCCCC2)ccc1Br.COc1nc(C2=NC(C3CCCCC3)CON2)ccc1Br.CP=S.O=C(CBr)C1CCCCC1. The fraction of sp³-hybridized carbons (Fsp3) is 0.583. The number of Topliss-reactive ketones (excluding diaryl/α,β-unsaturated/α-hetero) is 2. The third kappa shape index (κ3) is 23.1. The number of methoxy groups -OCH3 is 3. The van der Waals surface area contributed by atoms with Crippen molar-refractivity contribution in [3.05, 3.63) is 66.9 Å². The molecule has 3 aromatic heterocycles. The number of oxime groups is 2. The van der Waals surface area contributed by atoms with Gasteiger partial charge in [-0.05, 0) is 143 Å². The van der Waals surface area contributed by atoms with Crippen LogP contribution in [-0.4, -0.2) is 102 Å². The third-order valence-electron chi connectivity index (χ3n) is 11.4. The first-order chi connectivity index (χ1) is 33.3. The number of halogens is 4. The quantitative estimate of drug-likeness (QED) is 0.0311. The Morgan fingerprint density at radius 2 is 1.17 bits per heavy atom. The van der Waals surface area contributed by atoms with Crippen molar-refractivity contribution >= 4 is 112 Å². The van der Waals surface area contributed by atoms with Crippen LogP contribution in [0.15, 0.2) is 65.1 Å². The number of alkyl halides is 1. The predicted octanol–water partition coefficient (Wildman–Crippen LogP) is 11.5. The maximum absolute atomic E-state index is 12.0. The smallest absolute Gasteiger partial charge is 0.228 e. The fourth-order valence-electron chi connectivity index (χ4n) is 7.76. The average molecular weight is 1290 g/mol. The predicted molar refractivity (Wildman–Crippen MR) is 301 cm³/mol. The molecule has 7 rings (SSSR count). The molecular weight excluding hydrogens is 1210 g/mol. The summed E-state index contributed by atoms with van der Waals surface area (Å²) in [6.07, 6.45) is 17.9. The van der Waals surface area contributed by atoms with Gasteiger partial charge in [-0.15, -0.1) is 0 Å². The molecule has 4 heterocycles. The monoisotopic (exact) mass is 1280 g/mol. The molecule has 17 nitrogen and oxygen atoms in total. The van der Waals surface area contributed by atoms with Crippen LogP contribution in [0.3, 0.4) is 0 Å². The first-order valence-electron chi connectivity index (χ1n) is 22.7. The number of ether oxygens (including phenoxy) is 3. The molecule has 1 unspecified atom stereocenters. The van der Waals surface area contributed by atoms with E-state index >= 15 is 0 Å². The van der Waals surface area contributed by atoms with E-state index in [2.05, 4.69) is 106 Å². The molecule has 0 aromatic carbocycles. The lowest BCUT2D eigenvalue weighted by Crippen LogP contribution is -2.39. The molecule has 0 bridgehead atoms. The van der Waals surface area contributed by atoms with E-state index in [-0.39, 0.29) is 50.9 Å². The Hall–Kier alpha value is -3.40. The molecule has 3 aliphatic carbocycles. The van der Waals surface area contributed by atoms with Crippen molar-refractivity contribution in [2.24, 2.45) is 44.5 Å². The summed E-state index contributed by atoms with van der Waals surface area (Å²) >= 11 is 17.5. The van der Waals surface area contributed by atoms with Gasteiger partial charge in [-0.3, -0.25) is 19.4 Å². The van der Waals surface area contributed by atoms with Crippen molar-refractivity contribution in [1.82, 2.24) is 20.4 Å². The standard InChI is InChI=1S/C15H20BrN3O3.C15H20BrN3O2.C8H13BrO.C7H8BrN3O2.CH3PS.2CH4/c1-21-15-11(16)7-8-12(18-15)14(17)19-22-9-13(20)10-5-3-2-4-6-10;1-20-15-11(16)7-8-12(18-15)14-17-13(9-21-19-14)10-5-3-2-4-6-10;9-6-8(10)7-4-2-1-3-5-7;1-13-7-4(8)2-3-5(10-7)6(9)11-12;1-2-3;;/h7-8,10H,2-6,9H2,1H3,(H2,17,19);7-8,10,13H,2-6,9H2,1H3,(H,17,19);7H,1-6H2;2-3,12H,1H3,(H2,9,11);1H3;2*1H4. The summed E-state index contributed by atoms with van der Waals surface area (Å²) in [6, 6.07) is 10.8. The number of carbonyl (C=O) groups is 2. The van der Waals surface area contributed by atoms with Crippen LogP contribution in [0, 0.1) is 17.8 Å². The minimum Gasteiger partial charge on any atom is -0.480 e. The molecule has 4 aliphatic rings. The molecule has 1 atom stereocenters. The van der Waals surface area contributed by atoms with Gasteiger partial charge < -0.3 is 35.7 Å². The van der Waals surface area contributed by atoms with Gasteiger partial charge in [0.1, 0.15) is 22.9 Å². The van der Waals surface area contributed by atoms with Gasteiger partial charge in [0.15, 0.2) is 29.9 Å². The molecule has 6 N–H and O–H groups in total. The Balaban J connectivity index is 0.000000478. The van der Waals surface area contributed by atoms with Gasteiger partial charge in [-0.1, -0.05) is 111 Å². The van der Waals surface area contributed by atoms with Crippen molar-refractivity contribution in [3.8, 4) is 17.6 Å². The zero-order valence-electron chi connectivity index (χ0n) is 39.5. The van der Waals surface area contributed by atoms with E-state index in [9.17, 15) is 9.59 Å². The second-order valence-electron chi connectivity index (χ2n) is 16.1. The van der Waals surface area contributed by atoms with Gasteiger partial charge in [0.05, 0.1) is 52.7 Å². The molecule has 0 radical (unpaired) electrons. The van der Waals surface area contributed by atoms with E-state index in [1.54, 1.807) is 31.4 Å². The Kier molecular flexibility index (Phi) is 34.5. The van der Waals surface area contributed by atoms with E-state index in [0.717, 1.165) is 60.5 Å². The largest absolute Gasteiger partial charge is 0.480 e. The zero-order valence-corrected chi connectivity index (χ0v) is 47.6. The lowest BCUT2D eigenvalue weighted by atomic mass is 9.84. The molecule has 3 fully saturated rings. The Labute approximate surface area is 460 Å². The third-order valence-corrected chi connectivity index (χ3v) is 13.8. The van der Waals surface area contributed by atoms with E-state index < -0.39 is 0 Å². The number of aromatic nitrogens is 3. The Morgan fingerprint density at radius 1 is 0.732 bits per heavy atom. The van der Waals surface area contributed by atoms with E-state index in [1.807, 2.05) is 18.8 Å². The number of hydrogen-bond donors (Lipinski definition) is 4. The van der Waals surface area contributed by atoms with E-state index in [0.29, 0.717) is 68.9 Å². The van der Waals surface area contributed by atoms with Crippen molar-refractivity contribution in [2.75, 3.05) is 46.5 Å². The van der Waals surface area contributed by atoms with Gasteiger partial charge in [0.25, 0.3) is 0 Å². The number of carbonyl (C=O) groups excluding carboxylic acids is 2. The first kappa shape index (κ1) is 65.6. The van der Waals surface area contributed by atoms with Crippen LogP contribution in [0.25, 0.3) is 0 Å². The number of nitrogens with two attached hydrogens (primary N) is 2. The molecule has 0 spiro atoms. The molecule has 71 heavy (non-hydrogen) atoms. The van der Waals surface area contributed by atoms with Gasteiger partial charge in [-0.2, -0.15) is 0 Å². The Bertz CT molecular complexity index is 2160. The zero-order chi connectivity index (χ0) is 50.6. The molecule has 3 saturated carbocycles. The summed E-state index contributed by atoms with van der Waals surface area (Å²) in [6.45, 7) is 2.51. The number of hydrogen-bond acceptors (Lipinski definition) is 16. The molecule has 396 valence electrons. The van der Waals surface area contributed by atoms with Crippen LogP contribution in [-0.2, 0) is 31.1 Å². The second kappa shape index (κ2) is 37.3. The summed E-state index contributed by atoms with van der Waals surface area (Å²) in [7, 11) is 5.61. The number of ketones is 2. The van der Waals surface area contributed by atoms with Crippen LogP contribution in [0.4, 0.5) is 0 Å². The highest BCUT2D eigenvalue weighted by Crippen LogP contribution is 2.30. The normalized spacial score (nSPS) is 17.3. The summed E-state index contributed by atoms with van der Waals surface area (Å²) in [4.78, 5) is 51.2. The highest BCUT2D eigenvalue weighted by atomic mass is 79.9. The molecule has 0 saturated heterocycles. The maximum atomic E-state index is 12.0. The number of amidine groups is 3. The van der Waals surface area contributed by atoms with E-state index in [1.165, 1.54) is 72.0 Å². The van der Waals surface area contributed by atoms with Gasteiger partial charge in [0, 0.05) is 11.8 Å². The maximum Gasteiger partial charge on any atom is 0.228 e. The summed E-state index contributed by atoms with van der Waals surface area (Å²) in [5, 5.41) is 15.5. The summed E-state index contributed by atoms with van der Waals surface area (Å²) in [5.74, 6) is 3.74. The number of pyridine rings is 3. The van der Waals surface area contributed by atoms with Crippen molar-refractivity contribution in [1.29, 1.82) is 0 Å². The lowest BCUT2D eigenvalue weighted by Gasteiger charge is -2.30. The van der Waals surface area contributed by atoms with Crippen LogP contribution >= 0.6 is 71.1 Å². The number of rotatable bonds is 13. The van der Waals surface area contributed by atoms with Gasteiger partial charge >= 0.3 is 0 Å². The van der Waals surface area contributed by atoms with Crippen molar-refractivity contribution in [3.63, 3.8) is 0 Å². The first-order valence-corrected chi connectivity index (χ1v) is 28.5. The van der Waals surface area contributed by atoms with Gasteiger partial charge in [0.2, 0.25) is 17.6 Å². The highest BCUT2D eigenvalue weighted by molar-refractivity contribution is 9.11.